The van der Waals surface area contributed by atoms with E-state index in [-0.39, 0.29) is 10.3 Å². The Morgan fingerprint density at radius 2 is 1.73 bits per heavy atom. The van der Waals surface area contributed by atoms with Crippen molar-refractivity contribution >= 4 is 31.4 Å². The van der Waals surface area contributed by atoms with Crippen molar-refractivity contribution in [3.8, 4) is 5.75 Å². The molecule has 1 aromatic heterocycles. The van der Waals surface area contributed by atoms with Crippen LogP contribution >= 0.6 is 11.6 Å². The third kappa shape index (κ3) is 4.21. The number of benzene rings is 1. The zero-order valence-electron chi connectivity index (χ0n) is 13.6. The summed E-state index contributed by atoms with van der Waals surface area (Å²) in [6.07, 6.45) is 1.62. The van der Waals surface area contributed by atoms with Crippen LogP contribution in [0.3, 0.4) is 0 Å². The summed E-state index contributed by atoms with van der Waals surface area (Å²) >= 11 is 5.77. The molecule has 0 saturated heterocycles. The van der Waals surface area contributed by atoms with E-state index in [0.717, 1.165) is 11.4 Å². The summed E-state index contributed by atoms with van der Waals surface area (Å²) in [6.45, 7) is 11.2. The van der Waals surface area contributed by atoms with E-state index in [1.807, 2.05) is 24.3 Å². The highest BCUT2D eigenvalue weighted by molar-refractivity contribution is 6.74. The van der Waals surface area contributed by atoms with E-state index in [2.05, 4.69) is 49.1 Å². The summed E-state index contributed by atoms with van der Waals surface area (Å²) < 4.78 is 6.25. The van der Waals surface area contributed by atoms with Gasteiger partial charge in [-0.1, -0.05) is 20.8 Å². The lowest BCUT2D eigenvalue weighted by atomic mass is 10.2. The molecular formula is C16H22ClN3OSi. The number of hydrogen-bond acceptors (Lipinski definition) is 4. The molecule has 1 heterocycles. The predicted molar refractivity (Wildman–Crippen MR) is 94.6 cm³/mol. The van der Waals surface area contributed by atoms with Crippen molar-refractivity contribution in [3.63, 3.8) is 0 Å². The molecule has 0 aliphatic rings. The fourth-order valence-electron chi connectivity index (χ4n) is 1.61. The van der Waals surface area contributed by atoms with Crippen molar-refractivity contribution in [2.75, 3.05) is 5.32 Å². The normalized spacial score (nSPS) is 12.1. The van der Waals surface area contributed by atoms with Gasteiger partial charge in [-0.25, -0.2) is 9.97 Å². The van der Waals surface area contributed by atoms with Gasteiger partial charge in [0.05, 0.1) is 0 Å². The molecule has 0 spiro atoms. The fraction of sp³-hybridized carbons (Fsp3) is 0.375. The Morgan fingerprint density at radius 1 is 1.09 bits per heavy atom. The van der Waals surface area contributed by atoms with Crippen molar-refractivity contribution in [3.05, 3.63) is 41.8 Å². The summed E-state index contributed by atoms with van der Waals surface area (Å²) in [4.78, 5) is 7.96. The minimum atomic E-state index is -1.80. The van der Waals surface area contributed by atoms with Gasteiger partial charge in [-0.15, -0.1) is 0 Å². The first-order valence-corrected chi connectivity index (χ1v) is 10.5. The molecule has 0 unspecified atom stereocenters. The van der Waals surface area contributed by atoms with Crippen LogP contribution in [0.2, 0.25) is 23.4 Å². The van der Waals surface area contributed by atoms with Crippen molar-refractivity contribution < 1.29 is 4.43 Å². The molecule has 6 heteroatoms. The summed E-state index contributed by atoms with van der Waals surface area (Å²) in [5, 5.41) is 3.59. The molecule has 0 aliphatic heterocycles. The maximum absolute atomic E-state index is 6.25. The van der Waals surface area contributed by atoms with Gasteiger partial charge in [0, 0.05) is 11.9 Å². The predicted octanol–water partition coefficient (Wildman–Crippen LogP) is 5.26. The molecular weight excluding hydrogens is 314 g/mol. The maximum Gasteiger partial charge on any atom is 0.250 e. The average molecular weight is 336 g/mol. The highest BCUT2D eigenvalue weighted by Crippen LogP contribution is 2.37. The Hall–Kier alpha value is -1.59. The van der Waals surface area contributed by atoms with Crippen LogP contribution in [0.25, 0.3) is 0 Å². The van der Waals surface area contributed by atoms with E-state index in [0.29, 0.717) is 5.82 Å². The molecule has 1 aromatic carbocycles. The van der Waals surface area contributed by atoms with Gasteiger partial charge >= 0.3 is 0 Å². The van der Waals surface area contributed by atoms with E-state index >= 15 is 0 Å². The molecule has 1 N–H and O–H groups in total. The molecule has 4 nitrogen and oxygen atoms in total. The van der Waals surface area contributed by atoms with Gasteiger partial charge in [-0.05, 0) is 60.1 Å². The second kappa shape index (κ2) is 6.26. The van der Waals surface area contributed by atoms with Crippen LogP contribution in [0.4, 0.5) is 11.5 Å². The van der Waals surface area contributed by atoms with Crippen LogP contribution < -0.4 is 9.74 Å². The summed E-state index contributed by atoms with van der Waals surface area (Å²) in [5.74, 6) is 1.57. The minimum absolute atomic E-state index is 0.182. The van der Waals surface area contributed by atoms with Gasteiger partial charge in [0.1, 0.15) is 11.6 Å². The number of nitrogens with zero attached hydrogens (tertiary/aromatic N) is 2. The number of aromatic nitrogens is 2. The Kier molecular flexibility index (Phi) is 4.77. The molecule has 0 aliphatic carbocycles. The molecule has 0 fully saturated rings. The van der Waals surface area contributed by atoms with Crippen molar-refractivity contribution in [2.24, 2.45) is 0 Å². The molecule has 0 atom stereocenters. The number of nitrogens with one attached hydrogen (secondary N) is 1. The lowest BCUT2D eigenvalue weighted by Gasteiger charge is -2.36. The molecule has 0 amide bonds. The van der Waals surface area contributed by atoms with Gasteiger partial charge in [0.25, 0.3) is 0 Å². The third-order valence-corrected chi connectivity index (χ3v) is 8.47. The Balaban J connectivity index is 2.08. The van der Waals surface area contributed by atoms with E-state index in [9.17, 15) is 0 Å². The first-order chi connectivity index (χ1) is 10.2. The van der Waals surface area contributed by atoms with Crippen LogP contribution in [0.5, 0.6) is 5.75 Å². The monoisotopic (exact) mass is 335 g/mol. The van der Waals surface area contributed by atoms with Crippen LogP contribution in [0.1, 0.15) is 20.8 Å². The Labute approximate surface area is 138 Å². The molecule has 2 rings (SSSR count). The molecule has 0 radical (unpaired) electrons. The zero-order chi connectivity index (χ0) is 16.4. The quantitative estimate of drug-likeness (QED) is 0.611. The van der Waals surface area contributed by atoms with Crippen LogP contribution in [0.15, 0.2) is 36.5 Å². The van der Waals surface area contributed by atoms with Gasteiger partial charge in [-0.3, -0.25) is 0 Å². The second-order valence-corrected chi connectivity index (χ2v) is 11.8. The molecule has 2 aromatic rings. The van der Waals surface area contributed by atoms with Crippen molar-refractivity contribution in [2.45, 2.75) is 38.9 Å². The number of anilines is 2. The highest BCUT2D eigenvalue weighted by Gasteiger charge is 2.38. The fourth-order valence-corrected chi connectivity index (χ4v) is 2.79. The SMILES string of the molecule is CC(C)(C)[Si](C)(C)Oc1ccc(Nc2ccnc(Cl)n2)cc1. The smallest absolute Gasteiger partial charge is 0.250 e. The van der Waals surface area contributed by atoms with E-state index in [1.54, 1.807) is 12.3 Å². The molecule has 118 valence electrons. The third-order valence-electron chi connectivity index (χ3n) is 3.93. The lowest BCUT2D eigenvalue weighted by molar-refractivity contribution is 0.492. The number of hydrogen-bond donors (Lipinski definition) is 1. The van der Waals surface area contributed by atoms with Crippen molar-refractivity contribution in [1.29, 1.82) is 0 Å². The lowest BCUT2D eigenvalue weighted by Crippen LogP contribution is -2.43. The highest BCUT2D eigenvalue weighted by atomic mass is 35.5. The summed E-state index contributed by atoms with van der Waals surface area (Å²) in [7, 11) is -1.80. The number of halogens is 1. The van der Waals surface area contributed by atoms with Crippen LogP contribution in [-0.4, -0.2) is 18.3 Å². The van der Waals surface area contributed by atoms with Gasteiger partial charge in [0.15, 0.2) is 0 Å². The van der Waals surface area contributed by atoms with Gasteiger partial charge in [-0.2, -0.15) is 0 Å². The average Bonchev–Trinajstić information content (AvgIpc) is 2.39. The summed E-state index contributed by atoms with van der Waals surface area (Å²) in [5.41, 5.74) is 0.928. The van der Waals surface area contributed by atoms with E-state index in [1.165, 1.54) is 0 Å². The standard InChI is InChI=1S/C16H22ClN3OSi/c1-16(2,3)22(4,5)21-13-8-6-12(7-9-13)19-14-10-11-18-15(17)20-14/h6-11H,1-5H3,(H,18,19,20). The zero-order valence-corrected chi connectivity index (χ0v) is 15.4. The minimum Gasteiger partial charge on any atom is -0.544 e. The second-order valence-electron chi connectivity index (χ2n) is 6.72. The topological polar surface area (TPSA) is 47.0 Å². The van der Waals surface area contributed by atoms with Gasteiger partial charge in [0.2, 0.25) is 13.6 Å². The molecule has 0 bridgehead atoms. The van der Waals surface area contributed by atoms with E-state index in [4.69, 9.17) is 16.0 Å². The Morgan fingerprint density at radius 3 is 2.27 bits per heavy atom. The first-order valence-electron chi connectivity index (χ1n) is 7.22. The Bertz CT molecular complexity index is 639. The van der Waals surface area contributed by atoms with Crippen LogP contribution in [0, 0.1) is 0 Å². The van der Waals surface area contributed by atoms with Crippen LogP contribution in [-0.2, 0) is 0 Å². The maximum atomic E-state index is 6.25. The first kappa shape index (κ1) is 16.8. The summed E-state index contributed by atoms with van der Waals surface area (Å²) in [6, 6.07) is 9.67. The largest absolute Gasteiger partial charge is 0.544 e. The van der Waals surface area contributed by atoms with Crippen molar-refractivity contribution in [1.82, 2.24) is 9.97 Å². The van der Waals surface area contributed by atoms with E-state index < -0.39 is 8.32 Å². The molecule has 0 saturated carbocycles. The van der Waals surface area contributed by atoms with Gasteiger partial charge < -0.3 is 9.74 Å². The molecule has 22 heavy (non-hydrogen) atoms. The number of rotatable bonds is 4.